The average Bonchev–Trinajstić information content (AvgIpc) is 2.94. The molecule has 3 rings (SSSR count). The molecule has 18 heavy (non-hydrogen) atoms. The first-order valence-electron chi connectivity index (χ1n) is 5.63. The molecule has 0 aliphatic heterocycles. The molecule has 0 fully saturated rings. The van der Waals surface area contributed by atoms with Gasteiger partial charge in [-0.15, -0.1) is 11.3 Å². The molecule has 88 valence electrons. The zero-order valence-corrected chi connectivity index (χ0v) is 10.4. The molecule has 0 saturated carbocycles. The van der Waals surface area contributed by atoms with Crippen LogP contribution in [0.15, 0.2) is 65.5 Å². The van der Waals surface area contributed by atoms with Crippen molar-refractivity contribution >= 4 is 11.3 Å². The van der Waals surface area contributed by atoms with E-state index in [9.17, 15) is 0 Å². The molecule has 0 aliphatic rings. The Morgan fingerprint density at radius 2 is 1.72 bits per heavy atom. The molecule has 0 atom stereocenters. The third-order valence-corrected chi connectivity index (χ3v) is 3.13. The minimum atomic E-state index is 0.826. The first-order chi connectivity index (χ1) is 8.92. The number of aromatic nitrogens is 1. The predicted molar refractivity (Wildman–Crippen MR) is 74.1 cm³/mol. The SMILES string of the molecule is c1ccc(Oc2cccc(-c3cscn3)c2)cc1. The Kier molecular flexibility index (Phi) is 3.07. The molecule has 2 aromatic carbocycles. The van der Waals surface area contributed by atoms with Crippen LogP contribution < -0.4 is 4.74 Å². The minimum Gasteiger partial charge on any atom is -0.457 e. The summed E-state index contributed by atoms with van der Waals surface area (Å²) in [5.74, 6) is 1.67. The van der Waals surface area contributed by atoms with Gasteiger partial charge in [0, 0.05) is 10.9 Å². The summed E-state index contributed by atoms with van der Waals surface area (Å²) in [5, 5.41) is 2.03. The van der Waals surface area contributed by atoms with Crippen molar-refractivity contribution in [2.75, 3.05) is 0 Å². The van der Waals surface area contributed by atoms with Gasteiger partial charge in [0.25, 0.3) is 0 Å². The summed E-state index contributed by atoms with van der Waals surface area (Å²) >= 11 is 1.59. The van der Waals surface area contributed by atoms with E-state index in [4.69, 9.17) is 4.74 Å². The first-order valence-corrected chi connectivity index (χ1v) is 6.57. The van der Waals surface area contributed by atoms with Crippen molar-refractivity contribution in [2.24, 2.45) is 0 Å². The maximum absolute atomic E-state index is 5.79. The smallest absolute Gasteiger partial charge is 0.128 e. The van der Waals surface area contributed by atoms with Gasteiger partial charge in [-0.2, -0.15) is 0 Å². The molecule has 0 spiro atoms. The highest BCUT2D eigenvalue weighted by Crippen LogP contribution is 2.26. The van der Waals surface area contributed by atoms with Crippen molar-refractivity contribution in [1.29, 1.82) is 0 Å². The van der Waals surface area contributed by atoms with Gasteiger partial charge in [-0.1, -0.05) is 30.3 Å². The maximum Gasteiger partial charge on any atom is 0.128 e. The molecule has 0 saturated heterocycles. The number of rotatable bonds is 3. The molecule has 0 radical (unpaired) electrons. The predicted octanol–water partition coefficient (Wildman–Crippen LogP) is 4.60. The van der Waals surface area contributed by atoms with Crippen LogP contribution in [-0.2, 0) is 0 Å². The highest BCUT2D eigenvalue weighted by atomic mass is 32.1. The molecule has 1 heterocycles. The van der Waals surface area contributed by atoms with Gasteiger partial charge < -0.3 is 4.74 Å². The van der Waals surface area contributed by atoms with Crippen molar-refractivity contribution in [3.8, 4) is 22.8 Å². The second-order valence-electron chi connectivity index (χ2n) is 3.82. The van der Waals surface area contributed by atoms with Crippen LogP contribution in [0.4, 0.5) is 0 Å². The summed E-state index contributed by atoms with van der Waals surface area (Å²) in [7, 11) is 0. The first kappa shape index (κ1) is 11.0. The number of thiazole rings is 1. The normalized spacial score (nSPS) is 10.2. The maximum atomic E-state index is 5.79. The summed E-state index contributed by atoms with van der Waals surface area (Å²) in [4.78, 5) is 4.30. The fourth-order valence-electron chi connectivity index (χ4n) is 1.70. The quantitative estimate of drug-likeness (QED) is 0.680. The average molecular weight is 253 g/mol. The van der Waals surface area contributed by atoms with Crippen LogP contribution in [0.25, 0.3) is 11.3 Å². The highest BCUT2D eigenvalue weighted by Gasteiger charge is 2.02. The van der Waals surface area contributed by atoms with E-state index < -0.39 is 0 Å². The Hall–Kier alpha value is -2.13. The zero-order chi connectivity index (χ0) is 12.2. The lowest BCUT2D eigenvalue weighted by atomic mass is 10.2. The number of benzene rings is 2. The largest absolute Gasteiger partial charge is 0.457 e. The van der Waals surface area contributed by atoms with E-state index in [0.29, 0.717) is 0 Å². The molecule has 3 heteroatoms. The van der Waals surface area contributed by atoms with Gasteiger partial charge in [-0.3, -0.25) is 0 Å². The van der Waals surface area contributed by atoms with E-state index >= 15 is 0 Å². The van der Waals surface area contributed by atoms with Crippen LogP contribution >= 0.6 is 11.3 Å². The number of hydrogen-bond donors (Lipinski definition) is 0. The fourth-order valence-corrected chi connectivity index (χ4v) is 2.26. The summed E-state index contributed by atoms with van der Waals surface area (Å²) in [6, 6.07) is 17.7. The number of para-hydroxylation sites is 1. The number of ether oxygens (including phenoxy) is 1. The van der Waals surface area contributed by atoms with Crippen molar-refractivity contribution in [3.05, 3.63) is 65.5 Å². The minimum absolute atomic E-state index is 0.826. The molecule has 3 aromatic rings. The van der Waals surface area contributed by atoms with Gasteiger partial charge in [0.05, 0.1) is 11.2 Å². The van der Waals surface area contributed by atoms with Gasteiger partial charge in [0.1, 0.15) is 11.5 Å². The molecule has 2 nitrogen and oxygen atoms in total. The highest BCUT2D eigenvalue weighted by molar-refractivity contribution is 7.07. The van der Waals surface area contributed by atoms with Crippen LogP contribution in [0.1, 0.15) is 0 Å². The van der Waals surface area contributed by atoms with Gasteiger partial charge in [-0.25, -0.2) is 4.98 Å². The van der Waals surface area contributed by atoms with E-state index in [1.807, 2.05) is 65.5 Å². The summed E-state index contributed by atoms with van der Waals surface area (Å²) < 4.78 is 5.79. The van der Waals surface area contributed by atoms with E-state index in [2.05, 4.69) is 4.98 Å². The fraction of sp³-hybridized carbons (Fsp3) is 0. The van der Waals surface area contributed by atoms with E-state index in [-0.39, 0.29) is 0 Å². The number of nitrogens with zero attached hydrogens (tertiary/aromatic N) is 1. The van der Waals surface area contributed by atoms with Crippen LogP contribution in [0.3, 0.4) is 0 Å². The van der Waals surface area contributed by atoms with Gasteiger partial charge >= 0.3 is 0 Å². The third kappa shape index (κ3) is 2.41. The monoisotopic (exact) mass is 253 g/mol. The number of hydrogen-bond acceptors (Lipinski definition) is 3. The summed E-state index contributed by atoms with van der Waals surface area (Å²) in [6.45, 7) is 0. The van der Waals surface area contributed by atoms with E-state index in [0.717, 1.165) is 22.8 Å². The molecule has 1 aromatic heterocycles. The van der Waals surface area contributed by atoms with Crippen molar-refractivity contribution in [1.82, 2.24) is 4.98 Å². The Morgan fingerprint density at radius 3 is 2.50 bits per heavy atom. The summed E-state index contributed by atoms with van der Waals surface area (Å²) in [5.41, 5.74) is 3.89. The molecule has 0 bridgehead atoms. The lowest BCUT2D eigenvalue weighted by molar-refractivity contribution is 0.483. The Bertz CT molecular complexity index is 620. The summed E-state index contributed by atoms with van der Waals surface area (Å²) in [6.07, 6.45) is 0. The van der Waals surface area contributed by atoms with E-state index in [1.165, 1.54) is 0 Å². The Morgan fingerprint density at radius 1 is 0.889 bits per heavy atom. The second kappa shape index (κ2) is 5.02. The van der Waals surface area contributed by atoms with Gasteiger partial charge in [-0.05, 0) is 24.3 Å². The Labute approximate surface area is 110 Å². The molecular weight excluding hydrogens is 242 g/mol. The van der Waals surface area contributed by atoms with Crippen LogP contribution in [0.5, 0.6) is 11.5 Å². The lowest BCUT2D eigenvalue weighted by Crippen LogP contribution is -1.84. The third-order valence-electron chi connectivity index (χ3n) is 2.54. The van der Waals surface area contributed by atoms with Crippen LogP contribution in [0, 0.1) is 0 Å². The van der Waals surface area contributed by atoms with Crippen molar-refractivity contribution in [2.45, 2.75) is 0 Å². The standard InChI is InChI=1S/C15H11NOS/c1-2-6-13(7-3-1)17-14-8-4-5-12(9-14)15-10-18-11-16-15/h1-11H. The zero-order valence-electron chi connectivity index (χ0n) is 9.61. The van der Waals surface area contributed by atoms with Crippen LogP contribution in [0.2, 0.25) is 0 Å². The van der Waals surface area contributed by atoms with Crippen molar-refractivity contribution < 1.29 is 4.74 Å². The molecule has 0 aliphatic carbocycles. The van der Waals surface area contributed by atoms with Crippen molar-refractivity contribution in [3.63, 3.8) is 0 Å². The van der Waals surface area contributed by atoms with Gasteiger partial charge in [0.15, 0.2) is 0 Å². The van der Waals surface area contributed by atoms with Gasteiger partial charge in [0.2, 0.25) is 0 Å². The molecule has 0 N–H and O–H groups in total. The topological polar surface area (TPSA) is 22.1 Å². The van der Waals surface area contributed by atoms with E-state index in [1.54, 1.807) is 11.3 Å². The molecule has 0 unspecified atom stereocenters. The second-order valence-corrected chi connectivity index (χ2v) is 4.54. The lowest BCUT2D eigenvalue weighted by Gasteiger charge is -2.06. The molecule has 0 amide bonds. The molecular formula is C15H11NOS. The Balaban J connectivity index is 1.88. The van der Waals surface area contributed by atoms with Crippen LogP contribution in [-0.4, -0.2) is 4.98 Å².